The van der Waals surface area contributed by atoms with Crippen LogP contribution in [0.15, 0.2) is 84.9 Å². The van der Waals surface area contributed by atoms with Crippen molar-refractivity contribution >= 4 is 35.7 Å². The smallest absolute Gasteiger partial charge is 0.407 e. The van der Waals surface area contributed by atoms with Crippen LogP contribution < -0.4 is 10.6 Å². The zero-order valence-corrected chi connectivity index (χ0v) is 32.6. The lowest BCUT2D eigenvalue weighted by atomic mass is 9.83. The molecule has 57 heavy (non-hydrogen) atoms. The van der Waals surface area contributed by atoms with Crippen molar-refractivity contribution in [1.82, 2.24) is 20.4 Å². The van der Waals surface area contributed by atoms with Crippen molar-refractivity contribution < 1.29 is 48.2 Å². The molecule has 16 heteroatoms. The van der Waals surface area contributed by atoms with Gasteiger partial charge in [0.25, 0.3) is 5.69 Å². The molecule has 6 atom stereocenters. The number of hydrogen-bond acceptors (Lipinski definition) is 11. The van der Waals surface area contributed by atoms with Crippen LogP contribution in [0.4, 0.5) is 15.3 Å². The second-order valence-corrected chi connectivity index (χ2v) is 14.6. The average Bonchev–Trinajstić information content (AvgIpc) is 3.19. The number of nitrogens with one attached hydrogen (secondary N) is 2. The first-order valence-electron chi connectivity index (χ1n) is 18.7. The van der Waals surface area contributed by atoms with Gasteiger partial charge in [-0.05, 0) is 55.4 Å². The summed E-state index contributed by atoms with van der Waals surface area (Å²) in [5.74, 6) is -1.51. The average molecular weight is 790 g/mol. The molecule has 2 aliphatic rings. The van der Waals surface area contributed by atoms with E-state index in [1.807, 2.05) is 60.7 Å². The molecular formula is C41H51N5O11. The molecule has 2 fully saturated rings. The number of non-ortho nitro benzene ring substituents is 1. The maximum Gasteiger partial charge on any atom is 0.407 e. The number of alkyl carbamates (subject to hydrolysis) is 2. The number of amides is 4. The van der Waals surface area contributed by atoms with Gasteiger partial charge in [0.2, 0.25) is 11.8 Å². The minimum atomic E-state index is -0.650. The van der Waals surface area contributed by atoms with Gasteiger partial charge in [-0.1, -0.05) is 60.7 Å². The molecule has 16 nitrogen and oxygen atoms in total. The third-order valence-corrected chi connectivity index (χ3v) is 9.58. The zero-order valence-electron chi connectivity index (χ0n) is 32.6. The van der Waals surface area contributed by atoms with Gasteiger partial charge in [-0.15, -0.1) is 0 Å². The summed E-state index contributed by atoms with van der Waals surface area (Å²) < 4.78 is 16.1. The fourth-order valence-electron chi connectivity index (χ4n) is 6.82. The van der Waals surface area contributed by atoms with Gasteiger partial charge >= 0.3 is 18.2 Å². The van der Waals surface area contributed by atoms with Crippen LogP contribution in [0, 0.1) is 22.0 Å². The Kier molecular flexibility index (Phi) is 16.3. The van der Waals surface area contributed by atoms with Crippen LogP contribution in [0.3, 0.4) is 0 Å². The molecule has 0 aromatic heterocycles. The van der Waals surface area contributed by atoms with Crippen LogP contribution in [0.1, 0.15) is 60.0 Å². The summed E-state index contributed by atoms with van der Waals surface area (Å²) in [5.41, 5.74) is 1.78. The van der Waals surface area contributed by atoms with E-state index in [-0.39, 0.29) is 48.2 Å². The van der Waals surface area contributed by atoms with Crippen molar-refractivity contribution in [2.45, 2.75) is 76.0 Å². The van der Waals surface area contributed by atoms with E-state index in [0.29, 0.717) is 38.5 Å². The number of esters is 1. The molecule has 3 N–H and O–H groups in total. The lowest BCUT2D eigenvalue weighted by Gasteiger charge is -2.35. The van der Waals surface area contributed by atoms with Gasteiger partial charge in [-0.25, -0.2) is 14.4 Å². The predicted molar refractivity (Wildman–Crippen MR) is 207 cm³/mol. The minimum absolute atomic E-state index is 0.0202. The third-order valence-electron chi connectivity index (χ3n) is 9.58. The number of carbonyl (C=O) groups excluding carboxylic acids is 5. The quantitative estimate of drug-likeness (QED) is 0.104. The Bertz CT molecular complexity index is 1810. The molecule has 0 aliphatic heterocycles. The first-order chi connectivity index (χ1) is 27.2. The highest BCUT2D eigenvalue weighted by atomic mass is 16.6. The topological polar surface area (TPSA) is 207 Å². The van der Waals surface area contributed by atoms with E-state index in [2.05, 4.69) is 10.6 Å². The van der Waals surface area contributed by atoms with E-state index in [9.17, 15) is 39.2 Å². The molecule has 0 spiro atoms. The van der Waals surface area contributed by atoms with Crippen molar-refractivity contribution in [2.24, 2.45) is 11.8 Å². The maximum atomic E-state index is 12.6. The number of aliphatic hydroxyl groups is 1. The monoisotopic (exact) mass is 789 g/mol. The molecule has 0 heterocycles. The summed E-state index contributed by atoms with van der Waals surface area (Å²) in [4.78, 5) is 74.8. The highest BCUT2D eigenvalue weighted by molar-refractivity contribution is 5.90. The fraction of sp³-hybridized carbons (Fsp3) is 0.439. The Morgan fingerprint density at radius 1 is 0.667 bits per heavy atom. The van der Waals surface area contributed by atoms with Gasteiger partial charge in [0.15, 0.2) is 0 Å². The molecule has 306 valence electrons. The minimum Gasteiger partial charge on any atom is -0.459 e. The number of aliphatic hydroxyl groups excluding tert-OH is 1. The molecule has 5 rings (SSSR count). The Labute approximate surface area is 331 Å². The number of benzene rings is 3. The number of ether oxygens (including phenoxy) is 3. The molecule has 3 aromatic rings. The predicted octanol–water partition coefficient (Wildman–Crippen LogP) is 4.83. The number of rotatable bonds is 11. The number of nitrogens with zero attached hydrogens (tertiary/aromatic N) is 3. The van der Waals surface area contributed by atoms with E-state index in [4.69, 9.17) is 14.2 Å². The van der Waals surface area contributed by atoms with Crippen molar-refractivity contribution in [3.63, 3.8) is 0 Å². The Morgan fingerprint density at radius 3 is 1.58 bits per heavy atom. The molecular weight excluding hydrogens is 738 g/mol. The van der Waals surface area contributed by atoms with Crippen molar-refractivity contribution in [3.05, 3.63) is 112 Å². The molecule has 3 aromatic carbocycles. The standard InChI is InChI=1S/C24H27N3O7.C17H24N2O4/c1-26(2)22(28)18-12-19(25-24(30)33-15-16-6-4-3-5-7-16)14-21(13-18)34-23(29)17-8-10-20(11-9-17)27(31)32;1-19(2)16(21)13-8-14(10-15(20)9-13)18-17(22)23-11-12-6-4-3-5-7-12/h3-11,18-19,21H,12-15H2,1-2H3,(H,25,30);3-7,13-15,20H,8-11H2,1-2H3,(H,18,22)/t18-,19+,21+;13-,14+,15-/m11/s1. The first-order valence-corrected chi connectivity index (χ1v) is 18.7. The van der Waals surface area contributed by atoms with Crippen LogP contribution in [-0.4, -0.2) is 102 Å². The van der Waals surface area contributed by atoms with Crippen molar-refractivity contribution in [3.8, 4) is 0 Å². The maximum absolute atomic E-state index is 12.6. The van der Waals surface area contributed by atoms with Gasteiger partial charge in [0.05, 0.1) is 16.6 Å². The summed E-state index contributed by atoms with van der Waals surface area (Å²) >= 11 is 0. The van der Waals surface area contributed by atoms with E-state index >= 15 is 0 Å². The van der Waals surface area contributed by atoms with Crippen LogP contribution in [0.2, 0.25) is 0 Å². The summed E-state index contributed by atoms with van der Waals surface area (Å²) in [6, 6.07) is 23.1. The van der Waals surface area contributed by atoms with Gasteiger partial charge in [-0.2, -0.15) is 0 Å². The van der Waals surface area contributed by atoms with Crippen molar-refractivity contribution in [1.29, 1.82) is 0 Å². The molecule has 2 aliphatic carbocycles. The zero-order chi connectivity index (χ0) is 41.5. The largest absolute Gasteiger partial charge is 0.459 e. The van der Waals surface area contributed by atoms with Crippen molar-refractivity contribution in [2.75, 3.05) is 28.2 Å². The number of nitro benzene ring substituents is 1. The van der Waals surface area contributed by atoms with Gasteiger partial charge in [0, 0.05) is 70.7 Å². The van der Waals surface area contributed by atoms with Gasteiger partial charge in [-0.3, -0.25) is 19.7 Å². The molecule has 2 saturated carbocycles. The van der Waals surface area contributed by atoms with Crippen LogP contribution in [0.5, 0.6) is 0 Å². The summed E-state index contributed by atoms with van der Waals surface area (Å²) in [6.07, 6.45) is 0.0744. The van der Waals surface area contributed by atoms with Gasteiger partial charge < -0.3 is 39.8 Å². The Morgan fingerprint density at radius 2 is 1.12 bits per heavy atom. The lowest BCUT2D eigenvalue weighted by molar-refractivity contribution is -0.384. The van der Waals surface area contributed by atoms with Crippen LogP contribution >= 0.6 is 0 Å². The van der Waals surface area contributed by atoms with E-state index < -0.39 is 47.2 Å². The molecule has 0 bridgehead atoms. The second kappa shape index (κ2) is 21.3. The third kappa shape index (κ3) is 14.2. The lowest BCUT2D eigenvalue weighted by Crippen LogP contribution is -2.47. The second-order valence-electron chi connectivity index (χ2n) is 14.6. The normalized spacial score (nSPS) is 21.3. The molecule has 0 saturated heterocycles. The summed E-state index contributed by atoms with van der Waals surface area (Å²) in [7, 11) is 6.68. The van der Waals surface area contributed by atoms with E-state index in [0.717, 1.165) is 11.1 Å². The van der Waals surface area contributed by atoms with E-state index in [1.165, 1.54) is 34.1 Å². The number of hydrogen-bond donors (Lipinski definition) is 3. The molecule has 4 amide bonds. The molecule has 0 unspecified atom stereocenters. The van der Waals surface area contributed by atoms with E-state index in [1.54, 1.807) is 28.2 Å². The number of carbonyl (C=O) groups is 5. The molecule has 0 radical (unpaired) electrons. The first kappa shape index (κ1) is 43.7. The Hall–Kier alpha value is -6.03. The fourth-order valence-corrected chi connectivity index (χ4v) is 6.82. The van der Waals surface area contributed by atoms with Crippen LogP contribution in [0.25, 0.3) is 0 Å². The Balaban J connectivity index is 0.000000273. The summed E-state index contributed by atoms with van der Waals surface area (Å²) in [6.45, 7) is 0.306. The SMILES string of the molecule is CN(C)C(=O)[C@@H]1C[C@H](NC(=O)OCc2ccccc2)C[C@@H](OC(=O)c2ccc([N+](=O)[O-])cc2)C1.CN(C)C(=O)[C@H]1C[C@@H](O)C[C@@H](NC(=O)OCc2ccccc2)C1. The van der Waals surface area contributed by atoms with Gasteiger partial charge in [0.1, 0.15) is 19.3 Å². The van der Waals surface area contributed by atoms with Crippen LogP contribution in [-0.2, 0) is 37.0 Å². The summed E-state index contributed by atoms with van der Waals surface area (Å²) in [5, 5.41) is 26.3. The number of nitro groups is 1. The highest BCUT2D eigenvalue weighted by Gasteiger charge is 2.37. The highest BCUT2D eigenvalue weighted by Crippen LogP contribution is 2.30.